The van der Waals surface area contributed by atoms with E-state index in [0.717, 1.165) is 28.1 Å². The number of nitrogens with one attached hydrogen (secondary N) is 1. The third-order valence-electron chi connectivity index (χ3n) is 6.19. The zero-order valence-electron chi connectivity index (χ0n) is 22.3. The van der Waals surface area contributed by atoms with Crippen molar-refractivity contribution >= 4 is 27.5 Å². The Bertz CT molecular complexity index is 1130. The lowest BCUT2D eigenvalue weighted by Gasteiger charge is -2.32. The minimum absolute atomic E-state index is 0.0520. The van der Waals surface area contributed by atoms with E-state index in [1.165, 1.54) is 4.90 Å². The first-order valence-corrected chi connectivity index (χ1v) is 14.0. The van der Waals surface area contributed by atoms with Crippen molar-refractivity contribution in [3.8, 4) is 5.75 Å². The summed E-state index contributed by atoms with van der Waals surface area (Å²) in [5, 5.41) is 2.92. The predicted molar refractivity (Wildman–Crippen MR) is 144 cm³/mol. The van der Waals surface area contributed by atoms with Gasteiger partial charge in [0.25, 0.3) is 0 Å². The molecule has 0 aromatic heterocycles. The van der Waals surface area contributed by atoms with E-state index in [1.54, 1.807) is 38.3 Å². The molecule has 0 saturated heterocycles. The Kier molecular flexibility index (Phi) is 10.3. The Morgan fingerprint density at radius 3 is 2.14 bits per heavy atom. The quantitative estimate of drug-likeness (QED) is 0.460. The molecule has 0 fully saturated rings. The molecule has 0 radical (unpaired) electrons. The minimum Gasteiger partial charge on any atom is -0.497 e. The molecule has 1 N–H and O–H groups in total. The highest BCUT2D eigenvalue weighted by Gasteiger charge is 2.31. The lowest BCUT2D eigenvalue weighted by atomic mass is 10.0. The van der Waals surface area contributed by atoms with Gasteiger partial charge in [0.15, 0.2) is 0 Å². The minimum atomic E-state index is -3.78. The van der Waals surface area contributed by atoms with Crippen LogP contribution in [0.2, 0.25) is 0 Å². The van der Waals surface area contributed by atoms with Crippen LogP contribution in [0.15, 0.2) is 48.5 Å². The molecule has 2 unspecified atom stereocenters. The van der Waals surface area contributed by atoms with Crippen LogP contribution in [0.1, 0.15) is 58.1 Å². The summed E-state index contributed by atoms with van der Waals surface area (Å²) in [6.07, 6.45) is 1.84. The molecule has 2 amide bonds. The molecule has 0 aliphatic heterocycles. The molecule has 0 spiro atoms. The molecule has 2 atom stereocenters. The molecule has 0 aliphatic rings. The van der Waals surface area contributed by atoms with E-state index in [1.807, 2.05) is 52.0 Å². The number of carbonyl (C=O) groups excluding carboxylic acids is 2. The number of amides is 2. The van der Waals surface area contributed by atoms with Crippen LogP contribution < -0.4 is 14.4 Å². The molecule has 0 heterocycles. The largest absolute Gasteiger partial charge is 0.497 e. The number of rotatable bonds is 12. The number of carbonyl (C=O) groups is 2. The van der Waals surface area contributed by atoms with Gasteiger partial charge in [-0.25, -0.2) is 8.42 Å². The lowest BCUT2D eigenvalue weighted by Crippen LogP contribution is -2.52. The van der Waals surface area contributed by atoms with Crippen molar-refractivity contribution in [2.45, 2.75) is 65.6 Å². The van der Waals surface area contributed by atoms with Gasteiger partial charge in [0.05, 0.1) is 19.1 Å². The maximum atomic E-state index is 13.7. The molecule has 0 aliphatic carbocycles. The van der Waals surface area contributed by atoms with Crippen LogP contribution in [0.3, 0.4) is 0 Å². The number of ether oxygens (including phenoxy) is 1. The summed E-state index contributed by atoms with van der Waals surface area (Å²) in [6.45, 7) is 9.18. The van der Waals surface area contributed by atoms with Crippen molar-refractivity contribution in [3.63, 3.8) is 0 Å². The summed E-state index contributed by atoms with van der Waals surface area (Å²) in [6, 6.07) is 13.5. The van der Waals surface area contributed by atoms with Gasteiger partial charge in [-0.05, 0) is 55.5 Å². The van der Waals surface area contributed by atoms with Crippen LogP contribution in [0.25, 0.3) is 0 Å². The first kappa shape index (κ1) is 29.2. The Morgan fingerprint density at radius 1 is 1.00 bits per heavy atom. The number of hydrogen-bond acceptors (Lipinski definition) is 5. The highest BCUT2D eigenvalue weighted by Crippen LogP contribution is 2.29. The SMILES string of the molecule is CCC(C)NC(=O)C(C)N(Cc1ccc(OC)cc1)C(=O)CN(c1ccccc1C(C)C)S(C)(=O)=O. The van der Waals surface area contributed by atoms with Crippen molar-refractivity contribution in [1.82, 2.24) is 10.2 Å². The molecule has 0 saturated carbocycles. The van der Waals surface area contributed by atoms with Crippen LogP contribution in [0, 0.1) is 0 Å². The standard InChI is InChI=1S/C27H39N3O5S/c1-8-20(4)28-27(32)21(5)29(17-22-13-15-23(35-6)16-14-22)26(31)18-30(36(7,33)34)25-12-10-9-11-24(25)19(2)3/h9-16,19-21H,8,17-18H2,1-7H3,(H,28,32). The van der Waals surface area contributed by atoms with Crippen molar-refractivity contribution in [2.75, 3.05) is 24.2 Å². The highest BCUT2D eigenvalue weighted by molar-refractivity contribution is 7.92. The third-order valence-corrected chi connectivity index (χ3v) is 7.31. The molecule has 9 heteroatoms. The Balaban J connectivity index is 2.44. The Labute approximate surface area is 215 Å². The third kappa shape index (κ3) is 7.71. The van der Waals surface area contributed by atoms with Gasteiger partial charge in [-0.2, -0.15) is 0 Å². The van der Waals surface area contributed by atoms with Crippen LogP contribution in [0.4, 0.5) is 5.69 Å². The normalized spacial score (nSPS) is 13.1. The molecular formula is C27H39N3O5S. The van der Waals surface area contributed by atoms with Crippen molar-refractivity contribution < 1.29 is 22.7 Å². The van der Waals surface area contributed by atoms with Gasteiger partial charge in [0.1, 0.15) is 18.3 Å². The van der Waals surface area contributed by atoms with Crippen LogP contribution in [-0.4, -0.2) is 57.1 Å². The van der Waals surface area contributed by atoms with E-state index in [2.05, 4.69) is 5.32 Å². The first-order chi connectivity index (χ1) is 16.9. The fourth-order valence-corrected chi connectivity index (χ4v) is 4.64. The van der Waals surface area contributed by atoms with Gasteiger partial charge in [-0.3, -0.25) is 13.9 Å². The van der Waals surface area contributed by atoms with Crippen molar-refractivity contribution in [1.29, 1.82) is 0 Å². The lowest BCUT2D eigenvalue weighted by molar-refractivity contribution is -0.139. The second kappa shape index (κ2) is 12.8. The number of benzene rings is 2. The van der Waals surface area contributed by atoms with E-state index in [-0.39, 0.29) is 24.4 Å². The summed E-state index contributed by atoms with van der Waals surface area (Å²) in [4.78, 5) is 28.1. The fraction of sp³-hybridized carbons (Fsp3) is 0.481. The van der Waals surface area contributed by atoms with E-state index in [9.17, 15) is 18.0 Å². The molecule has 36 heavy (non-hydrogen) atoms. The number of anilines is 1. The van der Waals surface area contributed by atoms with E-state index in [0.29, 0.717) is 11.4 Å². The topological polar surface area (TPSA) is 96.0 Å². The van der Waals surface area contributed by atoms with Gasteiger partial charge < -0.3 is 15.0 Å². The van der Waals surface area contributed by atoms with Crippen LogP contribution >= 0.6 is 0 Å². The molecule has 0 bridgehead atoms. The van der Waals surface area contributed by atoms with Gasteiger partial charge in [0, 0.05) is 12.6 Å². The second-order valence-corrected chi connectivity index (χ2v) is 11.3. The van der Waals surface area contributed by atoms with Crippen LogP contribution in [-0.2, 0) is 26.2 Å². The zero-order valence-corrected chi connectivity index (χ0v) is 23.1. The Morgan fingerprint density at radius 2 is 1.61 bits per heavy atom. The number of methoxy groups -OCH3 is 1. The molecule has 198 valence electrons. The average molecular weight is 518 g/mol. The molecule has 2 aromatic rings. The highest BCUT2D eigenvalue weighted by atomic mass is 32.2. The molecular weight excluding hydrogens is 478 g/mol. The zero-order chi connectivity index (χ0) is 27.0. The fourth-order valence-electron chi connectivity index (χ4n) is 3.77. The van der Waals surface area contributed by atoms with Crippen LogP contribution in [0.5, 0.6) is 5.75 Å². The summed E-state index contributed by atoms with van der Waals surface area (Å²) < 4.78 is 32.0. The van der Waals surface area contributed by atoms with Gasteiger partial charge >= 0.3 is 0 Å². The smallest absolute Gasteiger partial charge is 0.244 e. The molecule has 2 rings (SSSR count). The van der Waals surface area contributed by atoms with E-state index >= 15 is 0 Å². The number of nitrogens with zero attached hydrogens (tertiary/aromatic N) is 2. The number of para-hydroxylation sites is 1. The predicted octanol–water partition coefficient (Wildman–Crippen LogP) is 3.92. The monoisotopic (exact) mass is 517 g/mol. The maximum absolute atomic E-state index is 13.7. The van der Waals surface area contributed by atoms with E-state index < -0.39 is 28.5 Å². The van der Waals surface area contributed by atoms with Gasteiger partial charge in [0.2, 0.25) is 21.8 Å². The van der Waals surface area contributed by atoms with Crippen molar-refractivity contribution in [2.24, 2.45) is 0 Å². The maximum Gasteiger partial charge on any atom is 0.244 e. The molecule has 8 nitrogen and oxygen atoms in total. The number of hydrogen-bond donors (Lipinski definition) is 1. The average Bonchev–Trinajstić information content (AvgIpc) is 2.84. The summed E-state index contributed by atoms with van der Waals surface area (Å²) >= 11 is 0. The second-order valence-electron chi connectivity index (χ2n) is 9.35. The van der Waals surface area contributed by atoms with Crippen molar-refractivity contribution in [3.05, 3.63) is 59.7 Å². The summed E-state index contributed by atoms with van der Waals surface area (Å²) in [5.41, 5.74) is 2.07. The first-order valence-electron chi connectivity index (χ1n) is 12.2. The number of sulfonamides is 1. The Hall–Kier alpha value is -3.07. The molecule has 2 aromatic carbocycles. The summed E-state index contributed by atoms with van der Waals surface area (Å²) in [7, 11) is -2.21. The van der Waals surface area contributed by atoms with Gasteiger partial charge in [-0.15, -0.1) is 0 Å². The summed E-state index contributed by atoms with van der Waals surface area (Å²) in [5.74, 6) is -0.0368. The van der Waals surface area contributed by atoms with E-state index in [4.69, 9.17) is 4.74 Å². The van der Waals surface area contributed by atoms with Gasteiger partial charge in [-0.1, -0.05) is 51.1 Å².